The van der Waals surface area contributed by atoms with Crippen LogP contribution < -0.4 is 15.5 Å². The van der Waals surface area contributed by atoms with E-state index in [0.717, 1.165) is 15.2 Å². The van der Waals surface area contributed by atoms with Gasteiger partial charge in [-0.15, -0.1) is 11.3 Å². The number of benzene rings is 2. The summed E-state index contributed by atoms with van der Waals surface area (Å²) in [4.78, 5) is 18.7. The van der Waals surface area contributed by atoms with E-state index in [1.807, 2.05) is 43.0 Å². The number of hydrogen-bond donors (Lipinski definition) is 2. The van der Waals surface area contributed by atoms with Gasteiger partial charge < -0.3 is 20.3 Å². The molecule has 1 aliphatic heterocycles. The number of hydrogen-bond acceptors (Lipinski definition) is 5. The van der Waals surface area contributed by atoms with Crippen LogP contribution >= 0.6 is 11.3 Å². The Bertz CT molecular complexity index is 998. The minimum atomic E-state index is -0.364. The molecule has 0 bridgehead atoms. The van der Waals surface area contributed by atoms with Gasteiger partial charge in [0, 0.05) is 31.7 Å². The molecule has 2 atom stereocenters. The normalized spacial score (nSPS) is 19.1. The van der Waals surface area contributed by atoms with Crippen molar-refractivity contribution in [3.8, 4) is 0 Å². The van der Waals surface area contributed by atoms with Gasteiger partial charge in [0.15, 0.2) is 0 Å². The number of nitrogens with zero attached hydrogens (tertiary/aromatic N) is 2. The zero-order chi connectivity index (χ0) is 21.1. The molecule has 0 aliphatic carbocycles. The average molecular weight is 429 g/mol. The predicted molar refractivity (Wildman–Crippen MR) is 119 cm³/mol. The summed E-state index contributed by atoms with van der Waals surface area (Å²) in [6.07, 6.45) is 0.743. The predicted octanol–water partition coefficient (Wildman–Crippen LogP) is 4.41. The molecule has 2 unspecified atom stereocenters. The second-order valence-corrected chi connectivity index (χ2v) is 8.65. The molecule has 1 aliphatic rings. The lowest BCUT2D eigenvalue weighted by molar-refractivity contribution is -0.00539. The maximum Gasteiger partial charge on any atom is 0.319 e. The van der Waals surface area contributed by atoms with Crippen LogP contribution in [0.25, 0.3) is 10.2 Å². The molecule has 0 radical (unpaired) electrons. The van der Waals surface area contributed by atoms with Crippen molar-refractivity contribution in [2.24, 2.45) is 0 Å². The fourth-order valence-electron chi connectivity index (χ4n) is 3.70. The molecule has 1 fully saturated rings. The SMILES string of the molecule is CC1CN(c2ccc(NC(=O)NCCc3nc4ccccc4s3)cc2F)CC(C)O1. The van der Waals surface area contributed by atoms with Gasteiger partial charge in [0.1, 0.15) is 5.82 Å². The van der Waals surface area contributed by atoms with E-state index in [0.29, 0.717) is 37.4 Å². The average Bonchev–Trinajstić information content (AvgIpc) is 3.10. The monoisotopic (exact) mass is 428 g/mol. The Morgan fingerprint density at radius 2 is 2.00 bits per heavy atom. The van der Waals surface area contributed by atoms with Gasteiger partial charge in [0.05, 0.1) is 33.1 Å². The van der Waals surface area contributed by atoms with Gasteiger partial charge in [-0.2, -0.15) is 0 Å². The smallest absolute Gasteiger partial charge is 0.319 e. The first-order valence-corrected chi connectivity index (χ1v) is 10.9. The molecule has 2 heterocycles. The molecule has 158 valence electrons. The summed E-state index contributed by atoms with van der Waals surface area (Å²) in [5.74, 6) is -0.358. The Morgan fingerprint density at radius 3 is 2.73 bits per heavy atom. The van der Waals surface area contributed by atoms with Gasteiger partial charge in [-0.1, -0.05) is 12.1 Å². The van der Waals surface area contributed by atoms with Crippen LogP contribution in [0.5, 0.6) is 0 Å². The van der Waals surface area contributed by atoms with Gasteiger partial charge >= 0.3 is 6.03 Å². The quantitative estimate of drug-likeness (QED) is 0.632. The first kappa shape index (κ1) is 20.6. The molecule has 2 N–H and O–H groups in total. The van der Waals surface area contributed by atoms with Gasteiger partial charge in [-0.05, 0) is 44.2 Å². The van der Waals surface area contributed by atoms with E-state index in [1.54, 1.807) is 23.5 Å². The number of carbonyl (C=O) groups is 1. The molecule has 0 saturated carbocycles. The number of ether oxygens (including phenoxy) is 1. The van der Waals surface area contributed by atoms with E-state index in [2.05, 4.69) is 15.6 Å². The highest BCUT2D eigenvalue weighted by atomic mass is 32.1. The summed E-state index contributed by atoms with van der Waals surface area (Å²) < 4.78 is 21.5. The standard InChI is InChI=1S/C22H25FN4O2S/c1-14-12-27(13-15(2)29-14)19-8-7-16(11-17(19)23)25-22(28)24-10-9-21-26-18-5-3-4-6-20(18)30-21/h3-8,11,14-15H,9-10,12-13H2,1-2H3,(H2,24,25,28). The van der Waals surface area contributed by atoms with Crippen molar-refractivity contribution in [3.63, 3.8) is 0 Å². The summed E-state index contributed by atoms with van der Waals surface area (Å²) in [5, 5.41) is 6.47. The minimum absolute atomic E-state index is 0.0483. The molecule has 2 aromatic carbocycles. The van der Waals surface area contributed by atoms with Gasteiger partial charge in [0.2, 0.25) is 0 Å². The van der Waals surface area contributed by atoms with Crippen molar-refractivity contribution in [3.05, 3.63) is 53.3 Å². The van der Waals surface area contributed by atoms with Crippen molar-refractivity contribution in [2.75, 3.05) is 29.9 Å². The fourth-order valence-corrected chi connectivity index (χ4v) is 4.67. The molecule has 4 rings (SSSR count). The maximum atomic E-state index is 14.7. The van der Waals surface area contributed by atoms with Crippen molar-refractivity contribution < 1.29 is 13.9 Å². The zero-order valence-corrected chi connectivity index (χ0v) is 17.8. The molecule has 1 saturated heterocycles. The second-order valence-electron chi connectivity index (χ2n) is 7.53. The topological polar surface area (TPSA) is 66.5 Å². The first-order chi connectivity index (χ1) is 14.5. The number of fused-ring (bicyclic) bond motifs is 1. The first-order valence-electron chi connectivity index (χ1n) is 10.1. The van der Waals surface area contributed by atoms with E-state index in [4.69, 9.17) is 4.74 Å². The van der Waals surface area contributed by atoms with Crippen LogP contribution in [-0.2, 0) is 11.2 Å². The Labute approximate surface area is 179 Å². The third-order valence-electron chi connectivity index (χ3n) is 4.93. The summed E-state index contributed by atoms with van der Waals surface area (Å²) in [5.41, 5.74) is 1.92. The van der Waals surface area contributed by atoms with Crippen LogP contribution in [-0.4, -0.2) is 42.9 Å². The van der Waals surface area contributed by atoms with E-state index in [9.17, 15) is 9.18 Å². The van der Waals surface area contributed by atoms with Crippen LogP contribution in [0.2, 0.25) is 0 Å². The summed E-state index contributed by atoms with van der Waals surface area (Å²) >= 11 is 1.62. The van der Waals surface area contributed by atoms with Crippen LogP contribution in [0.3, 0.4) is 0 Å². The Kier molecular flexibility index (Phi) is 6.15. The fraction of sp³-hybridized carbons (Fsp3) is 0.364. The highest BCUT2D eigenvalue weighted by molar-refractivity contribution is 7.18. The lowest BCUT2D eigenvalue weighted by Crippen LogP contribution is -2.45. The van der Waals surface area contributed by atoms with Crippen LogP contribution in [0.15, 0.2) is 42.5 Å². The molecule has 6 nitrogen and oxygen atoms in total. The number of amides is 2. The highest BCUT2D eigenvalue weighted by Gasteiger charge is 2.24. The molecule has 3 aromatic rings. The van der Waals surface area contributed by atoms with Gasteiger partial charge in [0.25, 0.3) is 0 Å². The second kappa shape index (κ2) is 8.97. The lowest BCUT2D eigenvalue weighted by atomic mass is 10.2. The van der Waals surface area contributed by atoms with E-state index < -0.39 is 0 Å². The highest BCUT2D eigenvalue weighted by Crippen LogP contribution is 2.26. The molecule has 1 aromatic heterocycles. The van der Waals surface area contributed by atoms with Crippen molar-refractivity contribution in [2.45, 2.75) is 32.5 Å². The van der Waals surface area contributed by atoms with Crippen LogP contribution in [0, 0.1) is 5.82 Å². The summed E-state index contributed by atoms with van der Waals surface area (Å²) in [6, 6.07) is 12.4. The van der Waals surface area contributed by atoms with Crippen molar-refractivity contribution >= 4 is 39.0 Å². The Morgan fingerprint density at radius 1 is 1.23 bits per heavy atom. The third-order valence-corrected chi connectivity index (χ3v) is 6.02. The molecular formula is C22H25FN4O2S. The van der Waals surface area contributed by atoms with E-state index in [-0.39, 0.29) is 24.1 Å². The van der Waals surface area contributed by atoms with Crippen LogP contribution in [0.4, 0.5) is 20.6 Å². The number of thiazole rings is 1. The number of carbonyl (C=O) groups excluding carboxylic acids is 1. The van der Waals surface area contributed by atoms with E-state index >= 15 is 0 Å². The molecule has 0 spiro atoms. The summed E-state index contributed by atoms with van der Waals surface area (Å²) in [7, 11) is 0. The number of halogens is 1. The number of morpholine rings is 1. The number of anilines is 2. The van der Waals surface area contributed by atoms with Gasteiger partial charge in [-0.3, -0.25) is 0 Å². The molecule has 8 heteroatoms. The lowest BCUT2D eigenvalue weighted by Gasteiger charge is -2.37. The summed E-state index contributed by atoms with van der Waals surface area (Å²) in [6.45, 7) is 5.70. The van der Waals surface area contributed by atoms with Crippen molar-refractivity contribution in [1.82, 2.24) is 10.3 Å². The number of nitrogens with one attached hydrogen (secondary N) is 2. The van der Waals surface area contributed by atoms with Crippen molar-refractivity contribution in [1.29, 1.82) is 0 Å². The Balaban J connectivity index is 1.30. The zero-order valence-electron chi connectivity index (χ0n) is 17.0. The minimum Gasteiger partial charge on any atom is -0.372 e. The molecule has 2 amide bonds. The number of rotatable bonds is 5. The van der Waals surface area contributed by atoms with Crippen LogP contribution in [0.1, 0.15) is 18.9 Å². The third kappa shape index (κ3) is 4.88. The maximum absolute atomic E-state index is 14.7. The molecule has 30 heavy (non-hydrogen) atoms. The Hall–Kier alpha value is -2.71. The largest absolute Gasteiger partial charge is 0.372 e. The number of aromatic nitrogens is 1. The number of urea groups is 1. The number of para-hydroxylation sites is 1. The van der Waals surface area contributed by atoms with Gasteiger partial charge in [-0.25, -0.2) is 14.2 Å². The van der Waals surface area contributed by atoms with E-state index in [1.165, 1.54) is 6.07 Å². The molecular weight excluding hydrogens is 403 g/mol.